The van der Waals surface area contributed by atoms with Gasteiger partial charge in [-0.15, -0.1) is 0 Å². The summed E-state index contributed by atoms with van der Waals surface area (Å²) >= 11 is 5.71. The number of rotatable bonds is 4. The zero-order chi connectivity index (χ0) is 17.3. The smallest absolute Gasteiger partial charge is 0.252 e. The molecule has 0 saturated carbocycles. The predicted molar refractivity (Wildman–Crippen MR) is 88.6 cm³/mol. The summed E-state index contributed by atoms with van der Waals surface area (Å²) in [6, 6.07) is 4.48. The van der Waals surface area contributed by atoms with Crippen LogP contribution in [-0.4, -0.2) is 25.5 Å². The van der Waals surface area contributed by atoms with Crippen LogP contribution in [0.15, 0.2) is 24.5 Å². The van der Waals surface area contributed by atoms with Gasteiger partial charge in [0.25, 0.3) is 5.78 Å². The van der Waals surface area contributed by atoms with Gasteiger partial charge < -0.3 is 5.32 Å². The van der Waals surface area contributed by atoms with Gasteiger partial charge in [-0.05, 0) is 38.0 Å². The maximum absolute atomic E-state index is 13.8. The first kappa shape index (κ1) is 16.3. The van der Waals surface area contributed by atoms with E-state index in [1.807, 2.05) is 13.8 Å². The third kappa shape index (κ3) is 3.07. The molecule has 2 heterocycles. The van der Waals surface area contributed by atoms with Crippen molar-refractivity contribution < 1.29 is 9.18 Å². The van der Waals surface area contributed by atoms with E-state index in [0.717, 1.165) is 17.0 Å². The van der Waals surface area contributed by atoms with E-state index in [9.17, 15) is 9.18 Å². The van der Waals surface area contributed by atoms with Gasteiger partial charge in [-0.2, -0.15) is 10.1 Å². The van der Waals surface area contributed by atoms with Gasteiger partial charge in [-0.1, -0.05) is 17.7 Å². The lowest BCUT2D eigenvalue weighted by Crippen LogP contribution is -2.15. The molecule has 0 aliphatic heterocycles. The SMILES string of the molecule is Cc1nc2ncnn2c(C)c1CCC(=O)Nc1cccc(Cl)c1F. The summed E-state index contributed by atoms with van der Waals surface area (Å²) in [5.74, 6) is -0.404. The van der Waals surface area contributed by atoms with Gasteiger partial charge in [0.1, 0.15) is 6.33 Å². The van der Waals surface area contributed by atoms with Crippen molar-refractivity contribution in [1.29, 1.82) is 0 Å². The molecule has 0 aliphatic carbocycles. The zero-order valence-corrected chi connectivity index (χ0v) is 13.9. The third-order valence-electron chi connectivity index (χ3n) is 3.82. The molecule has 3 aromatic rings. The van der Waals surface area contributed by atoms with E-state index in [0.29, 0.717) is 12.2 Å². The van der Waals surface area contributed by atoms with Crippen molar-refractivity contribution in [2.45, 2.75) is 26.7 Å². The Hall–Kier alpha value is -2.54. The molecule has 3 rings (SSSR count). The summed E-state index contributed by atoms with van der Waals surface area (Å²) < 4.78 is 15.5. The number of hydrogen-bond donors (Lipinski definition) is 1. The number of benzene rings is 1. The molecule has 0 bridgehead atoms. The monoisotopic (exact) mass is 347 g/mol. The Labute approximate surface area is 142 Å². The number of aryl methyl sites for hydroxylation is 2. The van der Waals surface area contributed by atoms with Crippen LogP contribution in [0.25, 0.3) is 5.78 Å². The molecule has 1 N–H and O–H groups in total. The van der Waals surface area contributed by atoms with Gasteiger partial charge >= 0.3 is 0 Å². The molecule has 2 aromatic heterocycles. The molecule has 0 saturated heterocycles. The van der Waals surface area contributed by atoms with Crippen LogP contribution in [0.2, 0.25) is 5.02 Å². The summed E-state index contributed by atoms with van der Waals surface area (Å²) in [5, 5.41) is 6.63. The first-order valence-electron chi connectivity index (χ1n) is 7.37. The minimum absolute atomic E-state index is 0.0275. The normalized spacial score (nSPS) is 11.0. The molecule has 1 aromatic carbocycles. The number of nitrogens with one attached hydrogen (secondary N) is 1. The van der Waals surface area contributed by atoms with Crippen LogP contribution >= 0.6 is 11.6 Å². The molecular weight excluding hydrogens is 333 g/mol. The van der Waals surface area contributed by atoms with Gasteiger partial charge in [-0.25, -0.2) is 13.9 Å². The highest BCUT2D eigenvalue weighted by atomic mass is 35.5. The van der Waals surface area contributed by atoms with Gasteiger partial charge in [0.15, 0.2) is 5.82 Å². The molecule has 0 spiro atoms. The van der Waals surface area contributed by atoms with Crippen molar-refractivity contribution in [1.82, 2.24) is 19.6 Å². The van der Waals surface area contributed by atoms with Crippen molar-refractivity contribution in [3.05, 3.63) is 52.3 Å². The summed E-state index contributed by atoms with van der Waals surface area (Å²) in [7, 11) is 0. The van der Waals surface area contributed by atoms with Gasteiger partial charge in [0.05, 0.1) is 10.7 Å². The van der Waals surface area contributed by atoms with E-state index < -0.39 is 5.82 Å². The Morgan fingerprint density at radius 1 is 1.38 bits per heavy atom. The number of aromatic nitrogens is 4. The maximum Gasteiger partial charge on any atom is 0.252 e. The molecule has 0 unspecified atom stereocenters. The molecular formula is C16H15ClFN5O. The van der Waals surface area contributed by atoms with E-state index in [1.54, 1.807) is 10.6 Å². The lowest BCUT2D eigenvalue weighted by atomic mass is 10.1. The third-order valence-corrected chi connectivity index (χ3v) is 4.11. The van der Waals surface area contributed by atoms with Crippen LogP contribution in [0.3, 0.4) is 0 Å². The molecule has 0 fully saturated rings. The molecule has 24 heavy (non-hydrogen) atoms. The first-order valence-corrected chi connectivity index (χ1v) is 7.75. The second kappa shape index (κ2) is 6.52. The fourth-order valence-corrected chi connectivity index (χ4v) is 2.74. The highest BCUT2D eigenvalue weighted by Gasteiger charge is 2.14. The van der Waals surface area contributed by atoms with E-state index in [4.69, 9.17) is 11.6 Å². The number of amides is 1. The van der Waals surface area contributed by atoms with Crippen molar-refractivity contribution in [2.75, 3.05) is 5.32 Å². The summed E-state index contributed by atoms with van der Waals surface area (Å²) in [4.78, 5) is 20.5. The Morgan fingerprint density at radius 2 is 2.17 bits per heavy atom. The van der Waals surface area contributed by atoms with Crippen LogP contribution in [0, 0.1) is 19.7 Å². The molecule has 0 radical (unpaired) electrons. The number of fused-ring (bicyclic) bond motifs is 1. The van der Waals surface area contributed by atoms with Gasteiger partial charge in [-0.3, -0.25) is 4.79 Å². The predicted octanol–water partition coefficient (Wildman–Crippen LogP) is 3.10. The minimum atomic E-state index is -0.634. The average molecular weight is 348 g/mol. The topological polar surface area (TPSA) is 72.2 Å². The Morgan fingerprint density at radius 3 is 2.96 bits per heavy atom. The van der Waals surface area contributed by atoms with E-state index in [2.05, 4.69) is 20.4 Å². The first-order chi connectivity index (χ1) is 11.5. The summed E-state index contributed by atoms with van der Waals surface area (Å²) in [5.41, 5.74) is 2.69. The largest absolute Gasteiger partial charge is 0.324 e. The lowest BCUT2D eigenvalue weighted by molar-refractivity contribution is -0.116. The number of anilines is 1. The molecule has 1 amide bonds. The number of carbonyl (C=O) groups excluding carboxylic acids is 1. The van der Waals surface area contributed by atoms with E-state index in [1.165, 1.54) is 18.5 Å². The lowest BCUT2D eigenvalue weighted by Gasteiger charge is -2.11. The minimum Gasteiger partial charge on any atom is -0.324 e. The number of halogens is 2. The van der Waals surface area contributed by atoms with Crippen LogP contribution in [0.1, 0.15) is 23.4 Å². The molecule has 0 atom stereocenters. The standard InChI is InChI=1S/C16H15ClFN5O/c1-9-11(10(2)23-16(21-9)19-8-20-23)6-7-14(24)22-13-5-3-4-12(17)15(13)18/h3-5,8H,6-7H2,1-2H3,(H,22,24). The van der Waals surface area contributed by atoms with Crippen LogP contribution in [-0.2, 0) is 11.2 Å². The Bertz CT molecular complexity index is 924. The van der Waals surface area contributed by atoms with Gasteiger partial charge in [0, 0.05) is 17.8 Å². The Kier molecular flexibility index (Phi) is 4.44. The molecule has 0 aliphatic rings. The quantitative estimate of drug-likeness (QED) is 0.787. The Balaban J connectivity index is 1.74. The fourth-order valence-electron chi connectivity index (χ4n) is 2.57. The maximum atomic E-state index is 13.8. The fraction of sp³-hybridized carbons (Fsp3) is 0.250. The second-order valence-corrected chi connectivity index (χ2v) is 5.79. The molecule has 8 heteroatoms. The van der Waals surface area contributed by atoms with Gasteiger partial charge in [0.2, 0.25) is 5.91 Å². The highest BCUT2D eigenvalue weighted by molar-refractivity contribution is 6.31. The van der Waals surface area contributed by atoms with Crippen LogP contribution < -0.4 is 5.32 Å². The van der Waals surface area contributed by atoms with Crippen molar-refractivity contribution in [2.24, 2.45) is 0 Å². The number of nitrogens with zero attached hydrogens (tertiary/aromatic N) is 4. The molecule has 6 nitrogen and oxygen atoms in total. The van der Waals surface area contributed by atoms with Crippen molar-refractivity contribution in [3.8, 4) is 0 Å². The van der Waals surface area contributed by atoms with Crippen LogP contribution in [0.4, 0.5) is 10.1 Å². The summed E-state index contributed by atoms with van der Waals surface area (Å²) in [6.07, 6.45) is 2.09. The van der Waals surface area contributed by atoms with Crippen LogP contribution in [0.5, 0.6) is 0 Å². The van der Waals surface area contributed by atoms with E-state index >= 15 is 0 Å². The average Bonchev–Trinajstić information content (AvgIpc) is 3.00. The van der Waals surface area contributed by atoms with Crippen molar-refractivity contribution in [3.63, 3.8) is 0 Å². The summed E-state index contributed by atoms with van der Waals surface area (Å²) in [6.45, 7) is 3.77. The zero-order valence-electron chi connectivity index (χ0n) is 13.2. The van der Waals surface area contributed by atoms with Crippen molar-refractivity contribution >= 4 is 29.0 Å². The number of hydrogen-bond acceptors (Lipinski definition) is 4. The number of carbonyl (C=O) groups is 1. The van der Waals surface area contributed by atoms with E-state index in [-0.39, 0.29) is 23.0 Å². The highest BCUT2D eigenvalue weighted by Crippen LogP contribution is 2.22. The second-order valence-electron chi connectivity index (χ2n) is 5.38. The molecule has 124 valence electrons.